The molecule has 0 amide bonds. The molecule has 0 aliphatic rings. The van der Waals surface area contributed by atoms with Gasteiger partial charge in [0, 0.05) is 15.5 Å². The van der Waals surface area contributed by atoms with Crippen LogP contribution in [0.3, 0.4) is 0 Å². The second kappa shape index (κ2) is 3.50. The van der Waals surface area contributed by atoms with Crippen LogP contribution in [-0.2, 0) is 0 Å². The predicted octanol–water partition coefficient (Wildman–Crippen LogP) is 4.81. The minimum absolute atomic E-state index is 0.792. The van der Waals surface area contributed by atoms with Crippen molar-refractivity contribution in [2.45, 2.75) is 0 Å². The van der Waals surface area contributed by atoms with E-state index in [1.807, 2.05) is 18.2 Å². The Balaban J connectivity index is 2.26. The molecule has 0 saturated carbocycles. The van der Waals surface area contributed by atoms with E-state index in [0.717, 1.165) is 22.3 Å². The molecule has 0 aliphatic carbocycles. The summed E-state index contributed by atoms with van der Waals surface area (Å²) < 4.78 is 13.8. The number of ether oxygens (including phenoxy) is 1. The van der Waals surface area contributed by atoms with Crippen LogP contribution in [0.2, 0.25) is 0 Å². The normalized spacial score (nSPS) is 11.6. The number of para-hydroxylation sites is 1. The van der Waals surface area contributed by atoms with Crippen LogP contribution in [0.4, 0.5) is 0 Å². The van der Waals surface area contributed by atoms with Gasteiger partial charge in [0.1, 0.15) is 0 Å². The molecular weight excluding hydrogens is 244 g/mol. The van der Waals surface area contributed by atoms with Crippen LogP contribution >= 0.6 is 11.3 Å². The summed E-state index contributed by atoms with van der Waals surface area (Å²) >= 11 is 1.77. The maximum absolute atomic E-state index is 6.01. The quantitative estimate of drug-likeness (QED) is 0.486. The van der Waals surface area contributed by atoms with Gasteiger partial charge in [-0.1, -0.05) is 18.2 Å². The molecular formula is C15H10O2S. The molecule has 0 unspecified atom stereocenters. The number of benzene rings is 2. The van der Waals surface area contributed by atoms with E-state index < -0.39 is 0 Å². The van der Waals surface area contributed by atoms with E-state index in [1.54, 1.807) is 18.4 Å². The summed E-state index contributed by atoms with van der Waals surface area (Å²) in [7, 11) is 1.67. The minimum atomic E-state index is 0.792. The Bertz CT molecular complexity index is 870. The van der Waals surface area contributed by atoms with Gasteiger partial charge in [-0.15, -0.1) is 11.3 Å². The molecule has 0 aliphatic heterocycles. The molecule has 2 aromatic heterocycles. The van der Waals surface area contributed by atoms with Crippen LogP contribution in [0, 0.1) is 0 Å². The lowest BCUT2D eigenvalue weighted by Gasteiger charge is -1.98. The van der Waals surface area contributed by atoms with Crippen LogP contribution in [0.5, 0.6) is 5.75 Å². The van der Waals surface area contributed by atoms with E-state index in [4.69, 9.17) is 9.15 Å². The first kappa shape index (κ1) is 9.97. The zero-order chi connectivity index (χ0) is 12.1. The maximum Gasteiger partial charge on any atom is 0.178 e. The average Bonchev–Trinajstić information content (AvgIpc) is 2.94. The highest BCUT2D eigenvalue weighted by atomic mass is 32.1. The fourth-order valence-corrected chi connectivity index (χ4v) is 3.52. The van der Waals surface area contributed by atoms with Crippen molar-refractivity contribution in [3.05, 3.63) is 42.5 Å². The largest absolute Gasteiger partial charge is 0.493 e. The van der Waals surface area contributed by atoms with Gasteiger partial charge >= 0.3 is 0 Å². The number of fused-ring (bicyclic) bond motifs is 5. The van der Waals surface area contributed by atoms with Gasteiger partial charge in [0.25, 0.3) is 0 Å². The highest BCUT2D eigenvalue weighted by molar-refractivity contribution is 7.26. The Labute approximate surface area is 107 Å². The first-order chi connectivity index (χ1) is 8.88. The van der Waals surface area contributed by atoms with Gasteiger partial charge in [-0.05, 0) is 24.3 Å². The first-order valence-electron chi connectivity index (χ1n) is 5.75. The lowest BCUT2D eigenvalue weighted by molar-refractivity contribution is 0.412. The summed E-state index contributed by atoms with van der Waals surface area (Å²) in [5.74, 6) is 0.792. The Kier molecular flexibility index (Phi) is 1.94. The van der Waals surface area contributed by atoms with E-state index in [1.165, 1.54) is 14.8 Å². The molecule has 2 aromatic carbocycles. The third kappa shape index (κ3) is 1.17. The smallest absolute Gasteiger partial charge is 0.178 e. The monoisotopic (exact) mass is 254 g/mol. The van der Waals surface area contributed by atoms with Crippen LogP contribution in [0.25, 0.3) is 31.3 Å². The average molecular weight is 254 g/mol. The Morgan fingerprint density at radius 1 is 0.944 bits per heavy atom. The molecule has 0 radical (unpaired) electrons. The van der Waals surface area contributed by atoms with Crippen molar-refractivity contribution in [1.82, 2.24) is 0 Å². The molecule has 0 saturated heterocycles. The summed E-state index contributed by atoms with van der Waals surface area (Å²) in [6.45, 7) is 0. The van der Waals surface area contributed by atoms with Crippen LogP contribution in [0.1, 0.15) is 0 Å². The minimum Gasteiger partial charge on any atom is -0.493 e. The highest BCUT2D eigenvalue weighted by Gasteiger charge is 2.15. The Morgan fingerprint density at radius 3 is 2.67 bits per heavy atom. The molecule has 3 heteroatoms. The number of thiophene rings is 1. The van der Waals surface area contributed by atoms with Crippen molar-refractivity contribution in [3.63, 3.8) is 0 Å². The summed E-state index contributed by atoms with van der Waals surface area (Å²) in [5, 5.41) is 2.31. The molecule has 4 rings (SSSR count). The van der Waals surface area contributed by atoms with Gasteiger partial charge in [-0.3, -0.25) is 0 Å². The highest BCUT2D eigenvalue weighted by Crippen LogP contribution is 2.42. The molecule has 0 atom stereocenters. The van der Waals surface area contributed by atoms with E-state index in [2.05, 4.69) is 24.3 Å². The second-order valence-corrected chi connectivity index (χ2v) is 5.25. The lowest BCUT2D eigenvalue weighted by Crippen LogP contribution is -1.81. The summed E-state index contributed by atoms with van der Waals surface area (Å²) in [6, 6.07) is 14.3. The number of methoxy groups -OCH3 is 1. The molecule has 88 valence electrons. The number of hydrogen-bond donors (Lipinski definition) is 0. The van der Waals surface area contributed by atoms with Gasteiger partial charge in [0.05, 0.1) is 11.8 Å². The molecule has 4 aromatic rings. The molecule has 18 heavy (non-hydrogen) atoms. The van der Waals surface area contributed by atoms with Crippen LogP contribution in [-0.4, -0.2) is 7.11 Å². The maximum atomic E-state index is 6.01. The Hall–Kier alpha value is -2.00. The van der Waals surface area contributed by atoms with Crippen molar-refractivity contribution in [1.29, 1.82) is 0 Å². The SMILES string of the molecule is COc1cccc2c1oc1c3ccccc3sc21. The number of hydrogen-bond acceptors (Lipinski definition) is 3. The van der Waals surface area contributed by atoms with Crippen molar-refractivity contribution in [2.75, 3.05) is 7.11 Å². The van der Waals surface area contributed by atoms with Crippen LogP contribution in [0.15, 0.2) is 46.9 Å². The standard InChI is InChI=1S/C15H10O2S/c1-16-11-7-4-6-10-13(11)17-14-9-5-2-3-8-12(9)18-15(10)14/h2-8H,1H3. The molecule has 0 bridgehead atoms. The number of furan rings is 1. The third-order valence-electron chi connectivity index (χ3n) is 3.20. The summed E-state index contributed by atoms with van der Waals surface area (Å²) in [6.07, 6.45) is 0. The lowest BCUT2D eigenvalue weighted by atomic mass is 10.2. The van der Waals surface area contributed by atoms with Crippen molar-refractivity contribution in [3.8, 4) is 5.75 Å². The van der Waals surface area contributed by atoms with Gasteiger partial charge in [0.2, 0.25) is 0 Å². The fourth-order valence-electron chi connectivity index (χ4n) is 2.36. The van der Waals surface area contributed by atoms with E-state index in [-0.39, 0.29) is 0 Å². The van der Waals surface area contributed by atoms with Gasteiger partial charge in [0.15, 0.2) is 16.9 Å². The third-order valence-corrected chi connectivity index (χ3v) is 4.38. The Morgan fingerprint density at radius 2 is 1.78 bits per heavy atom. The van der Waals surface area contributed by atoms with E-state index in [0.29, 0.717) is 0 Å². The molecule has 0 spiro atoms. The zero-order valence-electron chi connectivity index (χ0n) is 9.77. The van der Waals surface area contributed by atoms with E-state index in [9.17, 15) is 0 Å². The predicted molar refractivity (Wildman–Crippen MR) is 75.7 cm³/mol. The van der Waals surface area contributed by atoms with Crippen molar-refractivity contribution >= 4 is 42.7 Å². The van der Waals surface area contributed by atoms with Crippen LogP contribution < -0.4 is 4.74 Å². The fraction of sp³-hybridized carbons (Fsp3) is 0.0667. The topological polar surface area (TPSA) is 22.4 Å². The second-order valence-electron chi connectivity index (χ2n) is 4.20. The zero-order valence-corrected chi connectivity index (χ0v) is 10.6. The first-order valence-corrected chi connectivity index (χ1v) is 6.57. The van der Waals surface area contributed by atoms with E-state index >= 15 is 0 Å². The molecule has 0 N–H and O–H groups in total. The molecule has 2 nitrogen and oxygen atoms in total. The summed E-state index contributed by atoms with van der Waals surface area (Å²) in [4.78, 5) is 0. The molecule has 2 heterocycles. The van der Waals surface area contributed by atoms with Crippen molar-refractivity contribution < 1.29 is 9.15 Å². The summed E-state index contributed by atoms with van der Waals surface area (Å²) in [5.41, 5.74) is 1.81. The van der Waals surface area contributed by atoms with Crippen molar-refractivity contribution in [2.24, 2.45) is 0 Å². The number of rotatable bonds is 1. The molecule has 0 fully saturated rings. The van der Waals surface area contributed by atoms with Gasteiger partial charge < -0.3 is 9.15 Å². The van der Waals surface area contributed by atoms with Gasteiger partial charge in [-0.2, -0.15) is 0 Å². The van der Waals surface area contributed by atoms with Gasteiger partial charge in [-0.25, -0.2) is 0 Å².